The van der Waals surface area contributed by atoms with Crippen molar-refractivity contribution in [3.63, 3.8) is 0 Å². The third-order valence-electron chi connectivity index (χ3n) is 5.42. The Kier molecular flexibility index (Phi) is 14.9. The normalized spacial score (nSPS) is 14.7. The van der Waals surface area contributed by atoms with E-state index in [2.05, 4.69) is 20.9 Å². The van der Waals surface area contributed by atoms with E-state index < -0.39 is 72.0 Å². The van der Waals surface area contributed by atoms with Crippen LogP contribution in [0.4, 0.5) is 0 Å². The lowest BCUT2D eigenvalue weighted by molar-refractivity contribution is -0.143. The van der Waals surface area contributed by atoms with Crippen LogP contribution in [0.1, 0.15) is 52.4 Å². The molecule has 0 aliphatic heterocycles. The van der Waals surface area contributed by atoms with Gasteiger partial charge in [0, 0.05) is 13.0 Å². The van der Waals surface area contributed by atoms with Gasteiger partial charge >= 0.3 is 5.97 Å². The first-order valence-corrected chi connectivity index (χ1v) is 11.7. The molecule has 0 bridgehead atoms. The molecule has 5 unspecified atom stereocenters. The van der Waals surface area contributed by atoms with Crippen LogP contribution in [0.15, 0.2) is 4.99 Å². The molecule has 0 aliphatic rings. The van der Waals surface area contributed by atoms with E-state index in [9.17, 15) is 33.9 Å². The van der Waals surface area contributed by atoms with Crippen LogP contribution < -0.4 is 44.6 Å². The van der Waals surface area contributed by atoms with Crippen molar-refractivity contribution < 1.29 is 33.9 Å². The molecule has 0 radical (unpaired) electrons. The minimum atomic E-state index is -1.34. The molecule has 0 fully saturated rings. The highest BCUT2D eigenvalue weighted by Crippen LogP contribution is 2.11. The second-order valence-electron chi connectivity index (χ2n) is 8.56. The number of carbonyl (C=O) groups is 6. The first kappa shape index (κ1) is 33.0. The summed E-state index contributed by atoms with van der Waals surface area (Å²) in [7, 11) is 0. The van der Waals surface area contributed by atoms with E-state index in [0.29, 0.717) is 6.42 Å². The van der Waals surface area contributed by atoms with Crippen molar-refractivity contribution in [3.8, 4) is 0 Å². The maximum absolute atomic E-state index is 13.0. The van der Waals surface area contributed by atoms with Crippen molar-refractivity contribution >= 4 is 41.5 Å². The predicted molar refractivity (Wildman–Crippen MR) is 133 cm³/mol. The van der Waals surface area contributed by atoms with Crippen LogP contribution in [-0.4, -0.2) is 77.3 Å². The number of carbonyl (C=O) groups excluding carboxylic acids is 5. The van der Waals surface area contributed by atoms with E-state index in [1.165, 1.54) is 0 Å². The first-order valence-electron chi connectivity index (χ1n) is 11.7. The maximum Gasteiger partial charge on any atom is 0.326 e. The van der Waals surface area contributed by atoms with Crippen LogP contribution in [0.5, 0.6) is 0 Å². The molecule has 0 aromatic carbocycles. The van der Waals surface area contributed by atoms with Crippen LogP contribution >= 0.6 is 0 Å². The lowest BCUT2D eigenvalue weighted by atomic mass is 9.96. The largest absolute Gasteiger partial charge is 0.480 e. The highest BCUT2D eigenvalue weighted by molar-refractivity contribution is 5.95. The number of primary amides is 2. The Bertz CT molecular complexity index is 861. The molecule has 0 aromatic heterocycles. The number of nitrogens with zero attached hydrogens (tertiary/aromatic N) is 1. The number of rotatable bonds is 18. The number of carboxylic acid groups (broad SMARTS) is 1. The third-order valence-corrected chi connectivity index (χ3v) is 5.42. The molecular weight excluding hydrogens is 490 g/mol. The van der Waals surface area contributed by atoms with Gasteiger partial charge in [0.15, 0.2) is 5.96 Å². The Balaban J connectivity index is 5.59. The fourth-order valence-electron chi connectivity index (χ4n) is 3.12. The molecule has 0 aliphatic carbocycles. The molecule has 16 heteroatoms. The smallest absolute Gasteiger partial charge is 0.326 e. The zero-order chi connectivity index (χ0) is 28.7. The predicted octanol–water partition coefficient (Wildman–Crippen LogP) is -3.91. The van der Waals surface area contributed by atoms with Gasteiger partial charge in [-0.3, -0.25) is 29.0 Å². The maximum atomic E-state index is 13.0. The van der Waals surface area contributed by atoms with Gasteiger partial charge in [0.05, 0.1) is 12.5 Å². The standard InChI is InChI=1S/C21H39N9O7/c1-3-10(2)16(19(35)29-13(20(36)37)5-4-8-27-21(25)26)30-18(34)12(6-7-14(23)31)28-17(33)11(22)9-15(24)32/h10-13,16H,3-9,22H2,1-2H3,(H2,23,31)(H2,24,32)(H,28,33)(H,29,35)(H,30,34)(H,36,37)(H4,25,26,27). The van der Waals surface area contributed by atoms with Crippen molar-refractivity contribution in [2.75, 3.05) is 6.54 Å². The first-order chi connectivity index (χ1) is 17.2. The fourth-order valence-corrected chi connectivity index (χ4v) is 3.12. The molecule has 0 rings (SSSR count). The molecule has 5 amide bonds. The minimum absolute atomic E-state index is 0.0219. The summed E-state index contributed by atoms with van der Waals surface area (Å²) < 4.78 is 0. The van der Waals surface area contributed by atoms with Crippen LogP contribution in [0.2, 0.25) is 0 Å². The average molecular weight is 530 g/mol. The van der Waals surface area contributed by atoms with E-state index in [-0.39, 0.29) is 38.2 Å². The molecule has 37 heavy (non-hydrogen) atoms. The molecule has 0 saturated heterocycles. The summed E-state index contributed by atoms with van der Waals surface area (Å²) in [5.41, 5.74) is 26.3. The topological polar surface area (TPSA) is 301 Å². The van der Waals surface area contributed by atoms with Crippen LogP contribution in [0, 0.1) is 5.92 Å². The van der Waals surface area contributed by atoms with E-state index in [1.807, 2.05) is 0 Å². The molecule has 0 saturated carbocycles. The van der Waals surface area contributed by atoms with Crippen LogP contribution in [0.3, 0.4) is 0 Å². The Morgan fingerprint density at radius 3 is 1.92 bits per heavy atom. The molecule has 0 spiro atoms. The molecule has 5 atom stereocenters. The fraction of sp³-hybridized carbons (Fsp3) is 0.667. The number of hydrogen-bond donors (Lipinski definition) is 9. The summed E-state index contributed by atoms with van der Waals surface area (Å²) in [5.74, 6) is -5.92. The summed E-state index contributed by atoms with van der Waals surface area (Å²) in [5, 5.41) is 16.7. The number of amides is 5. The second-order valence-corrected chi connectivity index (χ2v) is 8.56. The number of aliphatic carboxylic acids is 1. The van der Waals surface area contributed by atoms with Gasteiger partial charge in [0.1, 0.15) is 18.1 Å². The molecule has 0 heterocycles. The summed E-state index contributed by atoms with van der Waals surface area (Å²) in [6, 6.07) is -5.12. The third kappa shape index (κ3) is 13.6. The Morgan fingerprint density at radius 2 is 1.43 bits per heavy atom. The van der Waals surface area contributed by atoms with Gasteiger partial charge in [-0.1, -0.05) is 20.3 Å². The van der Waals surface area contributed by atoms with E-state index in [0.717, 1.165) is 0 Å². The number of nitrogens with one attached hydrogen (secondary N) is 3. The van der Waals surface area contributed by atoms with Gasteiger partial charge in [-0.05, 0) is 25.2 Å². The Morgan fingerprint density at radius 1 is 0.838 bits per heavy atom. The Labute approximate surface area is 214 Å². The summed E-state index contributed by atoms with van der Waals surface area (Å²) >= 11 is 0. The molecule has 0 aromatic rings. The zero-order valence-electron chi connectivity index (χ0n) is 21.1. The number of aliphatic imine (C=N–C) groups is 1. The second kappa shape index (κ2) is 16.7. The molecule has 14 N–H and O–H groups in total. The van der Waals surface area contributed by atoms with E-state index in [4.69, 9.17) is 28.7 Å². The molecular formula is C21H39N9O7. The van der Waals surface area contributed by atoms with Crippen LogP contribution in [0.25, 0.3) is 0 Å². The van der Waals surface area contributed by atoms with E-state index >= 15 is 0 Å². The SMILES string of the molecule is CCC(C)C(NC(=O)C(CCC(N)=O)NC(=O)C(N)CC(N)=O)C(=O)NC(CCCN=C(N)N)C(=O)O. The van der Waals surface area contributed by atoms with Crippen LogP contribution in [-0.2, 0) is 28.8 Å². The van der Waals surface area contributed by atoms with Crippen molar-refractivity contribution in [1.82, 2.24) is 16.0 Å². The summed E-state index contributed by atoms with van der Waals surface area (Å²) in [4.78, 5) is 76.0. The van der Waals surface area contributed by atoms with Crippen molar-refractivity contribution in [1.29, 1.82) is 0 Å². The van der Waals surface area contributed by atoms with Crippen molar-refractivity contribution in [3.05, 3.63) is 0 Å². The van der Waals surface area contributed by atoms with Gasteiger partial charge in [0.25, 0.3) is 0 Å². The van der Waals surface area contributed by atoms with Crippen molar-refractivity contribution in [2.24, 2.45) is 39.6 Å². The monoisotopic (exact) mass is 529 g/mol. The quantitative estimate of drug-likeness (QED) is 0.0472. The number of carboxylic acids is 1. The summed E-state index contributed by atoms with van der Waals surface area (Å²) in [6.07, 6.45) is -0.250. The lowest BCUT2D eigenvalue weighted by Crippen LogP contribution is -2.58. The number of guanidine groups is 1. The van der Waals surface area contributed by atoms with Gasteiger partial charge in [-0.2, -0.15) is 0 Å². The molecule has 210 valence electrons. The minimum Gasteiger partial charge on any atom is -0.480 e. The lowest BCUT2D eigenvalue weighted by Gasteiger charge is -2.28. The molecule has 16 nitrogen and oxygen atoms in total. The van der Waals surface area contributed by atoms with Gasteiger partial charge < -0.3 is 49.7 Å². The van der Waals surface area contributed by atoms with Gasteiger partial charge in [0.2, 0.25) is 29.5 Å². The highest BCUT2D eigenvalue weighted by Gasteiger charge is 2.33. The average Bonchev–Trinajstić information content (AvgIpc) is 2.79. The number of hydrogen-bond acceptors (Lipinski definition) is 8. The van der Waals surface area contributed by atoms with Gasteiger partial charge in [-0.25, -0.2) is 4.79 Å². The Hall–Kier alpha value is -3.95. The van der Waals surface area contributed by atoms with Crippen molar-refractivity contribution in [2.45, 2.75) is 76.5 Å². The van der Waals surface area contributed by atoms with Gasteiger partial charge in [-0.15, -0.1) is 0 Å². The highest BCUT2D eigenvalue weighted by atomic mass is 16.4. The van der Waals surface area contributed by atoms with E-state index in [1.54, 1.807) is 13.8 Å². The number of nitrogens with two attached hydrogens (primary N) is 5. The zero-order valence-corrected chi connectivity index (χ0v) is 21.1. The summed E-state index contributed by atoms with van der Waals surface area (Å²) in [6.45, 7) is 3.58.